The number of carbonyl (C=O) groups is 2. The van der Waals surface area contributed by atoms with E-state index in [1.165, 1.54) is 4.90 Å². The summed E-state index contributed by atoms with van der Waals surface area (Å²) in [6.45, 7) is 4.45. The normalized spacial score (nSPS) is 15.0. The lowest BCUT2D eigenvalue weighted by Gasteiger charge is -2.33. The first-order chi connectivity index (χ1) is 10.7. The minimum atomic E-state index is -0.412. The highest BCUT2D eigenvalue weighted by Gasteiger charge is 2.27. The Morgan fingerprint density at radius 2 is 1.95 bits per heavy atom. The molecule has 5 nitrogen and oxygen atoms in total. The van der Waals surface area contributed by atoms with Crippen molar-refractivity contribution in [2.75, 3.05) is 26.2 Å². The lowest BCUT2D eigenvalue weighted by Crippen LogP contribution is -2.52. The molecule has 0 atom stereocenters. The predicted molar refractivity (Wildman–Crippen MR) is 84.3 cm³/mol. The first kappa shape index (κ1) is 16.3. The molecule has 2 rings (SSSR count). The molecule has 1 aromatic carbocycles. The molecule has 0 aromatic heterocycles. The molecular weight excluding hydrogens is 280 g/mol. The number of unbranched alkanes of at least 4 members (excludes halogenated alkanes) is 2. The number of hydrogen-bond donors (Lipinski definition) is 0. The van der Waals surface area contributed by atoms with Crippen molar-refractivity contribution in [3.05, 3.63) is 35.9 Å². The van der Waals surface area contributed by atoms with Crippen LogP contribution in [-0.2, 0) is 16.1 Å². The van der Waals surface area contributed by atoms with E-state index in [0.29, 0.717) is 13.1 Å². The highest BCUT2D eigenvalue weighted by Crippen LogP contribution is 2.09. The Morgan fingerprint density at radius 3 is 2.64 bits per heavy atom. The summed E-state index contributed by atoms with van der Waals surface area (Å²) < 4.78 is 5.27. The second kappa shape index (κ2) is 8.41. The van der Waals surface area contributed by atoms with Crippen LogP contribution in [0.5, 0.6) is 0 Å². The van der Waals surface area contributed by atoms with Gasteiger partial charge in [-0.25, -0.2) is 4.79 Å². The Kier molecular flexibility index (Phi) is 6.25. The molecule has 22 heavy (non-hydrogen) atoms. The van der Waals surface area contributed by atoms with Crippen LogP contribution in [0.4, 0.5) is 4.79 Å². The summed E-state index contributed by atoms with van der Waals surface area (Å²) in [5.41, 5.74) is 0.945. The number of hydrogen-bond acceptors (Lipinski definition) is 3. The van der Waals surface area contributed by atoms with Gasteiger partial charge in [0.25, 0.3) is 0 Å². The highest BCUT2D eigenvalue weighted by molar-refractivity contribution is 5.83. The van der Waals surface area contributed by atoms with E-state index < -0.39 is 6.09 Å². The fourth-order valence-corrected chi connectivity index (χ4v) is 2.46. The molecule has 2 amide bonds. The fourth-order valence-electron chi connectivity index (χ4n) is 2.46. The van der Waals surface area contributed by atoms with Gasteiger partial charge in [-0.1, -0.05) is 50.1 Å². The van der Waals surface area contributed by atoms with Crippen LogP contribution in [0.1, 0.15) is 31.7 Å². The number of benzene rings is 1. The third-order valence-corrected chi connectivity index (χ3v) is 3.81. The van der Waals surface area contributed by atoms with Gasteiger partial charge in [0.1, 0.15) is 13.2 Å². The van der Waals surface area contributed by atoms with E-state index in [4.69, 9.17) is 4.74 Å². The van der Waals surface area contributed by atoms with Crippen LogP contribution in [0.25, 0.3) is 0 Å². The number of piperazine rings is 1. The van der Waals surface area contributed by atoms with Crippen LogP contribution in [0.3, 0.4) is 0 Å². The number of nitrogens with zero attached hydrogens (tertiary/aromatic N) is 2. The second-order valence-corrected chi connectivity index (χ2v) is 5.55. The summed E-state index contributed by atoms with van der Waals surface area (Å²) in [5, 5.41) is 0. The monoisotopic (exact) mass is 304 g/mol. The molecule has 1 aliphatic rings. The standard InChI is InChI=1S/C17H24N2O3/c1-2-3-7-10-18-11-12-19(13-16(18)20)17(21)22-14-15-8-5-4-6-9-15/h4-6,8-9H,2-3,7,10-14H2,1H3. The van der Waals surface area contributed by atoms with Crippen molar-refractivity contribution in [2.45, 2.75) is 32.8 Å². The number of carbonyl (C=O) groups excluding carboxylic acids is 2. The fraction of sp³-hybridized carbons (Fsp3) is 0.529. The van der Waals surface area contributed by atoms with Gasteiger partial charge in [-0.15, -0.1) is 0 Å². The first-order valence-electron chi connectivity index (χ1n) is 7.94. The van der Waals surface area contributed by atoms with Crippen molar-refractivity contribution in [1.82, 2.24) is 9.80 Å². The van der Waals surface area contributed by atoms with Gasteiger partial charge in [0.2, 0.25) is 5.91 Å². The molecule has 0 saturated carbocycles. The van der Waals surface area contributed by atoms with E-state index in [0.717, 1.165) is 31.4 Å². The Bertz CT molecular complexity index is 490. The topological polar surface area (TPSA) is 49.9 Å². The Hall–Kier alpha value is -2.04. The average molecular weight is 304 g/mol. The van der Waals surface area contributed by atoms with Gasteiger partial charge in [-0.2, -0.15) is 0 Å². The average Bonchev–Trinajstić information content (AvgIpc) is 2.55. The Balaban J connectivity index is 1.75. The van der Waals surface area contributed by atoms with Gasteiger partial charge >= 0.3 is 6.09 Å². The summed E-state index contributed by atoms with van der Waals surface area (Å²) in [7, 11) is 0. The Labute approximate surface area is 131 Å². The van der Waals surface area contributed by atoms with Crippen LogP contribution in [0.15, 0.2) is 30.3 Å². The second-order valence-electron chi connectivity index (χ2n) is 5.55. The van der Waals surface area contributed by atoms with E-state index in [-0.39, 0.29) is 19.1 Å². The van der Waals surface area contributed by atoms with E-state index in [1.54, 1.807) is 0 Å². The van der Waals surface area contributed by atoms with Gasteiger partial charge in [-0.05, 0) is 12.0 Å². The largest absolute Gasteiger partial charge is 0.445 e. The van der Waals surface area contributed by atoms with E-state index in [1.807, 2.05) is 35.2 Å². The lowest BCUT2D eigenvalue weighted by atomic mass is 10.2. The number of ether oxygens (including phenoxy) is 1. The molecule has 1 aromatic rings. The zero-order chi connectivity index (χ0) is 15.8. The molecule has 1 saturated heterocycles. The van der Waals surface area contributed by atoms with Crippen molar-refractivity contribution in [2.24, 2.45) is 0 Å². The molecule has 0 unspecified atom stereocenters. The molecule has 120 valence electrons. The van der Waals surface area contributed by atoms with Crippen LogP contribution in [-0.4, -0.2) is 48.0 Å². The molecule has 5 heteroatoms. The Morgan fingerprint density at radius 1 is 1.18 bits per heavy atom. The van der Waals surface area contributed by atoms with Gasteiger partial charge in [0.15, 0.2) is 0 Å². The van der Waals surface area contributed by atoms with Crippen LogP contribution >= 0.6 is 0 Å². The maximum Gasteiger partial charge on any atom is 0.410 e. The van der Waals surface area contributed by atoms with E-state index >= 15 is 0 Å². The molecule has 1 aliphatic heterocycles. The molecule has 0 N–H and O–H groups in total. The van der Waals surface area contributed by atoms with Crippen molar-refractivity contribution < 1.29 is 14.3 Å². The zero-order valence-corrected chi connectivity index (χ0v) is 13.2. The summed E-state index contributed by atoms with van der Waals surface area (Å²) in [5.74, 6) is 0.0130. The molecule has 0 aliphatic carbocycles. The third-order valence-electron chi connectivity index (χ3n) is 3.81. The highest BCUT2D eigenvalue weighted by atomic mass is 16.6. The molecular formula is C17H24N2O3. The minimum Gasteiger partial charge on any atom is -0.445 e. The van der Waals surface area contributed by atoms with Crippen molar-refractivity contribution in [3.63, 3.8) is 0 Å². The van der Waals surface area contributed by atoms with Crippen molar-refractivity contribution in [1.29, 1.82) is 0 Å². The molecule has 0 bridgehead atoms. The van der Waals surface area contributed by atoms with E-state index in [2.05, 4.69) is 6.92 Å². The van der Waals surface area contributed by atoms with Crippen LogP contribution < -0.4 is 0 Å². The maximum absolute atomic E-state index is 12.1. The zero-order valence-electron chi connectivity index (χ0n) is 13.2. The summed E-state index contributed by atoms with van der Waals surface area (Å²) in [6, 6.07) is 9.54. The quantitative estimate of drug-likeness (QED) is 0.759. The smallest absolute Gasteiger partial charge is 0.410 e. The van der Waals surface area contributed by atoms with Gasteiger partial charge < -0.3 is 9.64 Å². The van der Waals surface area contributed by atoms with Crippen LogP contribution in [0.2, 0.25) is 0 Å². The van der Waals surface area contributed by atoms with E-state index in [9.17, 15) is 9.59 Å². The van der Waals surface area contributed by atoms with Crippen molar-refractivity contribution >= 4 is 12.0 Å². The predicted octanol–water partition coefficient (Wildman–Crippen LogP) is 2.66. The third kappa shape index (κ3) is 4.76. The molecule has 0 radical (unpaired) electrons. The van der Waals surface area contributed by atoms with Crippen LogP contribution in [0, 0.1) is 0 Å². The summed E-state index contributed by atoms with van der Waals surface area (Å²) in [4.78, 5) is 27.4. The molecule has 0 spiro atoms. The van der Waals surface area contributed by atoms with Gasteiger partial charge in [0, 0.05) is 19.6 Å². The lowest BCUT2D eigenvalue weighted by molar-refractivity contribution is -0.135. The minimum absolute atomic E-state index is 0.0130. The van der Waals surface area contributed by atoms with Gasteiger partial charge in [-0.3, -0.25) is 9.69 Å². The summed E-state index contributed by atoms with van der Waals surface area (Å²) >= 11 is 0. The maximum atomic E-state index is 12.1. The van der Waals surface area contributed by atoms with Crippen molar-refractivity contribution in [3.8, 4) is 0 Å². The number of rotatable bonds is 6. The summed E-state index contributed by atoms with van der Waals surface area (Å²) in [6.07, 6.45) is 2.89. The SMILES string of the molecule is CCCCCN1CCN(C(=O)OCc2ccccc2)CC1=O. The molecule has 1 fully saturated rings. The molecule has 1 heterocycles. The number of amides is 2. The first-order valence-corrected chi connectivity index (χ1v) is 7.94. The van der Waals surface area contributed by atoms with Gasteiger partial charge in [0.05, 0.1) is 0 Å².